The fraction of sp³-hybridized carbons (Fsp3) is 0.400. The third-order valence-electron chi connectivity index (χ3n) is 0.996. The van der Waals surface area contributed by atoms with Gasteiger partial charge in [-0.05, 0) is 0 Å². The van der Waals surface area contributed by atoms with Crippen molar-refractivity contribution in [3.05, 3.63) is 0 Å². The molecule has 7 heteroatoms. The highest BCUT2D eigenvalue weighted by atomic mass is 32.2. The largest absolute Gasteiger partial charge is 0.374 e. The molecule has 0 bridgehead atoms. The summed E-state index contributed by atoms with van der Waals surface area (Å²) < 4.78 is 0.772. The molecule has 66 valence electrons. The topological polar surface area (TPSA) is 94.9 Å². The van der Waals surface area contributed by atoms with Crippen molar-refractivity contribution >= 4 is 34.1 Å². The Morgan fingerprint density at radius 2 is 2.33 bits per heavy atom. The first-order valence-corrected chi connectivity index (χ1v) is 4.99. The molecule has 0 saturated carbocycles. The molecule has 0 unspecified atom stereocenters. The van der Waals surface area contributed by atoms with Crippen molar-refractivity contribution in [1.29, 1.82) is 0 Å². The van der Waals surface area contributed by atoms with Crippen LogP contribution in [0.3, 0.4) is 0 Å². The van der Waals surface area contributed by atoms with Crippen LogP contribution in [0.1, 0.15) is 6.42 Å². The van der Waals surface area contributed by atoms with E-state index < -0.39 is 0 Å². The maximum atomic E-state index is 10.3. The Hall–Kier alpha value is -0.820. The summed E-state index contributed by atoms with van der Waals surface area (Å²) in [5.41, 5.74) is 10.3. The van der Waals surface area contributed by atoms with E-state index in [9.17, 15) is 4.79 Å². The summed E-state index contributed by atoms with van der Waals surface area (Å²) in [7, 11) is 0. The summed E-state index contributed by atoms with van der Waals surface area (Å²) in [4.78, 5) is 10.3. The minimum absolute atomic E-state index is 0.306. The number of anilines is 1. The van der Waals surface area contributed by atoms with Crippen LogP contribution in [0.15, 0.2) is 4.34 Å². The molecule has 1 rings (SSSR count). The van der Waals surface area contributed by atoms with Crippen molar-refractivity contribution in [2.45, 2.75) is 10.8 Å². The first-order valence-electron chi connectivity index (χ1n) is 3.18. The summed E-state index contributed by atoms with van der Waals surface area (Å²) >= 11 is 2.74. The molecule has 0 spiro atoms. The number of nitrogens with zero attached hydrogens (tertiary/aromatic N) is 2. The van der Waals surface area contributed by atoms with Crippen LogP contribution in [0, 0.1) is 0 Å². The molecule has 5 nitrogen and oxygen atoms in total. The first-order chi connectivity index (χ1) is 5.68. The average Bonchev–Trinajstić information content (AvgIpc) is 2.35. The average molecular weight is 204 g/mol. The summed E-state index contributed by atoms with van der Waals surface area (Å²) in [5, 5.41) is 7.83. The Morgan fingerprint density at radius 1 is 1.58 bits per heavy atom. The van der Waals surface area contributed by atoms with Crippen molar-refractivity contribution < 1.29 is 4.79 Å². The van der Waals surface area contributed by atoms with Crippen molar-refractivity contribution in [3.63, 3.8) is 0 Å². The predicted molar refractivity (Wildman–Crippen MR) is 48.9 cm³/mol. The molecule has 0 aliphatic carbocycles. The van der Waals surface area contributed by atoms with Gasteiger partial charge >= 0.3 is 0 Å². The molecule has 12 heavy (non-hydrogen) atoms. The van der Waals surface area contributed by atoms with Crippen LogP contribution >= 0.6 is 23.1 Å². The molecule has 0 aliphatic rings. The molecule has 1 aromatic heterocycles. The van der Waals surface area contributed by atoms with Crippen molar-refractivity contribution in [3.8, 4) is 0 Å². The second-order valence-electron chi connectivity index (χ2n) is 1.97. The van der Waals surface area contributed by atoms with E-state index in [0.717, 1.165) is 4.34 Å². The van der Waals surface area contributed by atoms with E-state index in [1.54, 1.807) is 0 Å². The lowest BCUT2D eigenvalue weighted by atomic mass is 10.5. The highest BCUT2D eigenvalue weighted by Gasteiger charge is 2.02. The van der Waals surface area contributed by atoms with Gasteiger partial charge in [0.05, 0.1) is 0 Å². The van der Waals surface area contributed by atoms with Crippen molar-refractivity contribution in [1.82, 2.24) is 10.2 Å². The second-order valence-corrected chi connectivity index (χ2v) is 4.32. The standard InChI is InChI=1S/C5H8N4OS2/c6-3(10)1-2-11-5-9-8-4(7)12-5/h1-2H2,(H2,6,10)(H2,7,8). The van der Waals surface area contributed by atoms with Gasteiger partial charge in [-0.2, -0.15) is 0 Å². The van der Waals surface area contributed by atoms with E-state index in [0.29, 0.717) is 17.3 Å². The number of carbonyl (C=O) groups is 1. The van der Waals surface area contributed by atoms with E-state index >= 15 is 0 Å². The normalized spacial score (nSPS) is 10.0. The summed E-state index contributed by atoms with van der Waals surface area (Å²) in [6, 6.07) is 0. The highest BCUT2D eigenvalue weighted by Crippen LogP contribution is 2.23. The number of aromatic nitrogens is 2. The van der Waals surface area contributed by atoms with Gasteiger partial charge in [0.1, 0.15) is 0 Å². The van der Waals surface area contributed by atoms with E-state index in [4.69, 9.17) is 11.5 Å². The Balaban J connectivity index is 2.29. The fourth-order valence-electron chi connectivity index (χ4n) is 0.518. The molecule has 1 aromatic rings. The van der Waals surface area contributed by atoms with Gasteiger partial charge in [0.15, 0.2) is 4.34 Å². The number of nitrogen functional groups attached to an aromatic ring is 1. The van der Waals surface area contributed by atoms with Crippen LogP contribution in [0.2, 0.25) is 0 Å². The number of nitrogens with two attached hydrogens (primary N) is 2. The van der Waals surface area contributed by atoms with Crippen LogP contribution in [0.25, 0.3) is 0 Å². The zero-order chi connectivity index (χ0) is 8.97. The lowest BCUT2D eigenvalue weighted by Crippen LogP contribution is -2.10. The molecule has 0 radical (unpaired) electrons. The third-order valence-corrected chi connectivity index (χ3v) is 2.88. The number of rotatable bonds is 4. The van der Waals surface area contributed by atoms with Crippen LogP contribution in [-0.2, 0) is 4.79 Å². The number of primary amides is 1. The monoisotopic (exact) mass is 204 g/mol. The van der Waals surface area contributed by atoms with E-state index in [1.807, 2.05) is 0 Å². The lowest BCUT2D eigenvalue weighted by Gasteiger charge is -1.91. The van der Waals surface area contributed by atoms with Gasteiger partial charge in [0.2, 0.25) is 11.0 Å². The van der Waals surface area contributed by atoms with E-state index in [1.165, 1.54) is 23.1 Å². The van der Waals surface area contributed by atoms with Crippen molar-refractivity contribution in [2.24, 2.45) is 5.73 Å². The van der Waals surface area contributed by atoms with Crippen LogP contribution in [0.5, 0.6) is 0 Å². The van der Waals surface area contributed by atoms with E-state index in [-0.39, 0.29) is 5.91 Å². The number of hydrogen-bond donors (Lipinski definition) is 2. The Labute approximate surface area is 77.5 Å². The second kappa shape index (κ2) is 4.27. The van der Waals surface area contributed by atoms with Crippen molar-refractivity contribution in [2.75, 3.05) is 11.5 Å². The van der Waals surface area contributed by atoms with Gasteiger partial charge < -0.3 is 11.5 Å². The molecule has 0 fully saturated rings. The molecular weight excluding hydrogens is 196 g/mol. The van der Waals surface area contributed by atoms with Gasteiger partial charge in [-0.3, -0.25) is 4.79 Å². The van der Waals surface area contributed by atoms with Crippen LogP contribution < -0.4 is 11.5 Å². The summed E-state index contributed by atoms with van der Waals surface area (Å²) in [6.45, 7) is 0. The maximum Gasteiger partial charge on any atom is 0.218 e. The predicted octanol–water partition coefficient (Wildman–Crippen LogP) is 0.0878. The third kappa shape index (κ3) is 3.05. The van der Waals surface area contributed by atoms with Crippen LogP contribution in [-0.4, -0.2) is 21.9 Å². The SMILES string of the molecule is NC(=O)CCSc1nnc(N)s1. The molecule has 1 heterocycles. The minimum Gasteiger partial charge on any atom is -0.374 e. The molecule has 4 N–H and O–H groups in total. The fourth-order valence-corrected chi connectivity index (χ4v) is 2.18. The molecule has 1 amide bonds. The maximum absolute atomic E-state index is 10.3. The Bertz CT molecular complexity index is 274. The number of amides is 1. The quantitative estimate of drug-likeness (QED) is 0.678. The molecule has 0 atom stereocenters. The minimum atomic E-state index is -0.306. The first kappa shape index (κ1) is 9.27. The Kier molecular flexibility index (Phi) is 3.30. The molecule has 0 aliphatic heterocycles. The van der Waals surface area contributed by atoms with Gasteiger partial charge in [0.25, 0.3) is 0 Å². The van der Waals surface area contributed by atoms with Gasteiger partial charge in [-0.25, -0.2) is 0 Å². The number of hydrogen-bond acceptors (Lipinski definition) is 6. The zero-order valence-corrected chi connectivity index (χ0v) is 7.82. The smallest absolute Gasteiger partial charge is 0.218 e. The summed E-state index contributed by atoms with van der Waals surface area (Å²) in [5.74, 6) is 0.323. The van der Waals surface area contributed by atoms with Gasteiger partial charge in [0, 0.05) is 12.2 Å². The van der Waals surface area contributed by atoms with Gasteiger partial charge in [-0.1, -0.05) is 23.1 Å². The Morgan fingerprint density at radius 3 is 2.83 bits per heavy atom. The van der Waals surface area contributed by atoms with Gasteiger partial charge in [-0.15, -0.1) is 10.2 Å². The molecule has 0 saturated heterocycles. The van der Waals surface area contributed by atoms with E-state index in [2.05, 4.69) is 10.2 Å². The number of carbonyl (C=O) groups excluding carboxylic acids is 1. The number of thioether (sulfide) groups is 1. The zero-order valence-electron chi connectivity index (χ0n) is 6.19. The molecule has 0 aromatic carbocycles. The highest BCUT2D eigenvalue weighted by molar-refractivity contribution is 8.01. The lowest BCUT2D eigenvalue weighted by molar-refractivity contribution is -0.117. The molecular formula is C5H8N4OS2. The van der Waals surface area contributed by atoms with Crippen LogP contribution in [0.4, 0.5) is 5.13 Å². The summed E-state index contributed by atoms with van der Waals surface area (Å²) in [6.07, 6.45) is 0.351.